The van der Waals surface area contributed by atoms with Crippen molar-refractivity contribution < 1.29 is 23.8 Å². The first-order valence-electron chi connectivity index (χ1n) is 7.63. The molecule has 0 N–H and O–H groups in total. The van der Waals surface area contributed by atoms with Crippen molar-refractivity contribution in [1.82, 2.24) is 0 Å². The summed E-state index contributed by atoms with van der Waals surface area (Å²) in [7, 11) is 1.49. The van der Waals surface area contributed by atoms with Gasteiger partial charge in [0.2, 0.25) is 0 Å². The lowest BCUT2D eigenvalue weighted by atomic mass is 10.1. The average Bonchev–Trinajstić information content (AvgIpc) is 2.59. The summed E-state index contributed by atoms with van der Waals surface area (Å²) in [5.41, 5.74) is 2.20. The van der Waals surface area contributed by atoms with E-state index in [0.717, 1.165) is 11.1 Å². The second-order valence-corrected chi connectivity index (χ2v) is 5.85. The van der Waals surface area contributed by atoms with Gasteiger partial charge in [-0.3, -0.25) is 4.79 Å². The number of aryl methyl sites for hydroxylation is 2. The van der Waals surface area contributed by atoms with Crippen LogP contribution in [-0.4, -0.2) is 32.1 Å². The third kappa shape index (κ3) is 4.97. The molecule has 5 nitrogen and oxygen atoms in total. The molecule has 0 radical (unpaired) electrons. The zero-order valence-corrected chi connectivity index (χ0v) is 15.1. The van der Waals surface area contributed by atoms with Gasteiger partial charge in [0.15, 0.2) is 19.0 Å². The molecule has 0 fully saturated rings. The molecule has 0 saturated heterocycles. The van der Waals surface area contributed by atoms with Gasteiger partial charge in [-0.1, -0.05) is 29.8 Å². The van der Waals surface area contributed by atoms with Crippen molar-refractivity contribution in [2.75, 3.05) is 20.3 Å². The molecule has 0 spiro atoms. The van der Waals surface area contributed by atoms with Crippen molar-refractivity contribution in [3.63, 3.8) is 0 Å². The zero-order valence-electron chi connectivity index (χ0n) is 14.3. The fraction of sp³-hybridized carbons (Fsp3) is 0.263. The largest absolute Gasteiger partial charge is 0.495 e. The number of halogens is 1. The number of rotatable bonds is 7. The summed E-state index contributed by atoms with van der Waals surface area (Å²) >= 11 is 5.98. The maximum absolute atomic E-state index is 12.1. The first-order chi connectivity index (χ1) is 11.9. The number of ketones is 1. The minimum atomic E-state index is -0.615. The van der Waals surface area contributed by atoms with Crippen LogP contribution in [0, 0.1) is 13.8 Å². The Labute approximate surface area is 151 Å². The number of ether oxygens (including phenoxy) is 3. The van der Waals surface area contributed by atoms with Gasteiger partial charge in [-0.2, -0.15) is 0 Å². The number of hydrogen-bond acceptors (Lipinski definition) is 5. The van der Waals surface area contributed by atoms with E-state index in [9.17, 15) is 9.59 Å². The summed E-state index contributed by atoms with van der Waals surface area (Å²) in [6.45, 7) is 3.15. The van der Waals surface area contributed by atoms with Crippen LogP contribution in [0.2, 0.25) is 5.02 Å². The number of para-hydroxylation sites is 1. The highest BCUT2D eigenvalue weighted by Crippen LogP contribution is 2.25. The second-order valence-electron chi connectivity index (χ2n) is 5.44. The van der Waals surface area contributed by atoms with Crippen molar-refractivity contribution in [3.8, 4) is 11.5 Å². The second kappa shape index (κ2) is 8.53. The zero-order chi connectivity index (χ0) is 18.4. The topological polar surface area (TPSA) is 61.8 Å². The van der Waals surface area contributed by atoms with Gasteiger partial charge in [0.05, 0.1) is 12.1 Å². The lowest BCUT2D eigenvalue weighted by Gasteiger charge is -2.11. The maximum Gasteiger partial charge on any atom is 0.344 e. The van der Waals surface area contributed by atoms with Crippen LogP contribution in [0.15, 0.2) is 36.4 Å². The lowest BCUT2D eigenvalue weighted by molar-refractivity contribution is -0.144. The number of carbonyl (C=O) groups is 2. The molecule has 0 atom stereocenters. The molecule has 0 saturated carbocycles. The molecule has 0 unspecified atom stereocenters. The summed E-state index contributed by atoms with van der Waals surface area (Å²) in [4.78, 5) is 23.9. The molecule has 6 heteroatoms. The molecule has 0 aliphatic heterocycles. The Balaban J connectivity index is 1.87. The molecule has 25 heavy (non-hydrogen) atoms. The standard InChI is InChI=1S/C19H19ClO5/c1-12-5-4-6-13(2)19(12)25-11-18(22)24-10-16(21)14-7-8-17(23-3)15(20)9-14/h4-9H,10-11H2,1-3H3. The first kappa shape index (κ1) is 18.8. The Morgan fingerprint density at radius 1 is 1.04 bits per heavy atom. The van der Waals surface area contributed by atoms with E-state index in [1.54, 1.807) is 12.1 Å². The van der Waals surface area contributed by atoms with Crippen molar-refractivity contribution in [2.24, 2.45) is 0 Å². The van der Waals surface area contributed by atoms with Crippen LogP contribution in [0.4, 0.5) is 0 Å². The summed E-state index contributed by atoms with van der Waals surface area (Å²) in [5, 5.41) is 0.318. The van der Waals surface area contributed by atoms with E-state index >= 15 is 0 Å². The van der Waals surface area contributed by atoms with Gasteiger partial charge in [-0.05, 0) is 43.2 Å². The SMILES string of the molecule is COc1ccc(C(=O)COC(=O)COc2c(C)cccc2C)cc1Cl. The van der Waals surface area contributed by atoms with Gasteiger partial charge >= 0.3 is 5.97 Å². The van der Waals surface area contributed by atoms with Gasteiger partial charge in [0.25, 0.3) is 0 Å². The maximum atomic E-state index is 12.1. The number of Topliss-reactive ketones (excluding diaryl/α,β-unsaturated/α-hetero) is 1. The minimum Gasteiger partial charge on any atom is -0.495 e. The number of methoxy groups -OCH3 is 1. The normalized spacial score (nSPS) is 10.2. The van der Waals surface area contributed by atoms with E-state index in [4.69, 9.17) is 25.8 Å². The lowest BCUT2D eigenvalue weighted by Crippen LogP contribution is -2.20. The van der Waals surface area contributed by atoms with E-state index < -0.39 is 5.97 Å². The van der Waals surface area contributed by atoms with Crippen molar-refractivity contribution in [3.05, 3.63) is 58.1 Å². The molecule has 0 amide bonds. The van der Waals surface area contributed by atoms with Crippen LogP contribution in [0.5, 0.6) is 11.5 Å². The van der Waals surface area contributed by atoms with Crippen molar-refractivity contribution in [1.29, 1.82) is 0 Å². The Morgan fingerprint density at radius 2 is 1.72 bits per heavy atom. The Kier molecular flexibility index (Phi) is 6.42. The monoisotopic (exact) mass is 362 g/mol. The number of carbonyl (C=O) groups excluding carboxylic acids is 2. The van der Waals surface area contributed by atoms with Gasteiger partial charge < -0.3 is 14.2 Å². The fourth-order valence-electron chi connectivity index (χ4n) is 2.27. The van der Waals surface area contributed by atoms with E-state index in [1.807, 2.05) is 32.0 Å². The van der Waals surface area contributed by atoms with Gasteiger partial charge in [0, 0.05) is 5.56 Å². The van der Waals surface area contributed by atoms with Crippen LogP contribution < -0.4 is 9.47 Å². The van der Waals surface area contributed by atoms with Crippen LogP contribution in [0.1, 0.15) is 21.5 Å². The smallest absolute Gasteiger partial charge is 0.344 e. The molecule has 0 aliphatic rings. The van der Waals surface area contributed by atoms with Crippen LogP contribution >= 0.6 is 11.6 Å². The molecule has 0 heterocycles. The van der Waals surface area contributed by atoms with Gasteiger partial charge in [-0.15, -0.1) is 0 Å². The first-order valence-corrected chi connectivity index (χ1v) is 8.01. The van der Waals surface area contributed by atoms with Crippen LogP contribution in [0.3, 0.4) is 0 Å². The van der Waals surface area contributed by atoms with Crippen molar-refractivity contribution >= 4 is 23.4 Å². The van der Waals surface area contributed by atoms with Crippen molar-refractivity contribution in [2.45, 2.75) is 13.8 Å². The Bertz CT molecular complexity index is 765. The highest BCUT2D eigenvalue weighted by Gasteiger charge is 2.13. The predicted octanol–water partition coefficient (Wildman–Crippen LogP) is 3.77. The molecular weight excluding hydrogens is 344 g/mol. The fourth-order valence-corrected chi connectivity index (χ4v) is 2.53. The van der Waals surface area contributed by atoms with Crippen LogP contribution in [-0.2, 0) is 9.53 Å². The molecule has 2 aromatic rings. The summed E-state index contributed by atoms with van der Waals surface area (Å²) in [6, 6.07) is 10.3. The summed E-state index contributed by atoms with van der Waals surface area (Å²) in [6.07, 6.45) is 0. The molecule has 0 aliphatic carbocycles. The Morgan fingerprint density at radius 3 is 2.32 bits per heavy atom. The minimum absolute atomic E-state index is 0.262. The predicted molar refractivity (Wildman–Crippen MR) is 94.7 cm³/mol. The molecule has 2 rings (SSSR count). The molecule has 132 valence electrons. The third-order valence-corrected chi connectivity index (χ3v) is 3.88. The van der Waals surface area contributed by atoms with E-state index in [0.29, 0.717) is 22.1 Å². The van der Waals surface area contributed by atoms with E-state index in [1.165, 1.54) is 13.2 Å². The quantitative estimate of drug-likeness (QED) is 0.554. The van der Waals surface area contributed by atoms with E-state index in [2.05, 4.69) is 0 Å². The molecule has 0 aromatic heterocycles. The summed E-state index contributed by atoms with van der Waals surface area (Å²) < 4.78 is 15.5. The van der Waals surface area contributed by atoms with E-state index in [-0.39, 0.29) is 19.0 Å². The molecular formula is C19H19ClO5. The summed E-state index contributed by atoms with van der Waals surface area (Å²) in [5.74, 6) is 0.144. The molecule has 2 aromatic carbocycles. The van der Waals surface area contributed by atoms with Gasteiger partial charge in [0.1, 0.15) is 11.5 Å². The Hall–Kier alpha value is -2.53. The van der Waals surface area contributed by atoms with Gasteiger partial charge in [-0.25, -0.2) is 4.79 Å². The molecule has 0 bridgehead atoms. The average molecular weight is 363 g/mol. The number of benzene rings is 2. The highest BCUT2D eigenvalue weighted by atomic mass is 35.5. The third-order valence-electron chi connectivity index (χ3n) is 3.58. The highest BCUT2D eigenvalue weighted by molar-refractivity contribution is 6.32. The van der Waals surface area contributed by atoms with Crippen LogP contribution in [0.25, 0.3) is 0 Å². The number of hydrogen-bond donors (Lipinski definition) is 0. The number of esters is 1.